The first-order chi connectivity index (χ1) is 15.5. The summed E-state index contributed by atoms with van der Waals surface area (Å²) in [4.78, 5) is 26.9. The number of carbonyl (C=O) groups is 2. The summed E-state index contributed by atoms with van der Waals surface area (Å²) in [5, 5.41) is 3.29. The van der Waals surface area contributed by atoms with Gasteiger partial charge in [0.1, 0.15) is 11.9 Å². The van der Waals surface area contributed by atoms with E-state index in [4.69, 9.17) is 15.2 Å². The summed E-state index contributed by atoms with van der Waals surface area (Å²) in [5.41, 5.74) is 8.06. The predicted molar refractivity (Wildman–Crippen MR) is 127 cm³/mol. The smallest absolute Gasteiger partial charge is 0.414 e. The van der Waals surface area contributed by atoms with E-state index in [-0.39, 0.29) is 30.6 Å². The maximum Gasteiger partial charge on any atom is 0.414 e. The van der Waals surface area contributed by atoms with Gasteiger partial charge in [0, 0.05) is 25.2 Å². The first kappa shape index (κ1) is 24.6. The Morgan fingerprint density at radius 2 is 1.94 bits per heavy atom. The van der Waals surface area contributed by atoms with Gasteiger partial charge < -0.3 is 25.4 Å². The van der Waals surface area contributed by atoms with Crippen molar-refractivity contribution in [1.82, 2.24) is 0 Å². The third-order valence-corrected chi connectivity index (χ3v) is 5.65. The van der Waals surface area contributed by atoms with Crippen LogP contribution in [-0.2, 0) is 20.7 Å². The molecule has 2 aliphatic heterocycles. The number of rotatable bonds is 8. The Hall–Kier alpha value is -3.04. The van der Waals surface area contributed by atoms with Crippen LogP contribution in [0, 0.1) is 5.82 Å². The molecule has 0 radical (unpaired) electrons. The summed E-state index contributed by atoms with van der Waals surface area (Å²) in [5.74, 6) is -0.728. The Labute approximate surface area is 198 Å². The molecule has 33 heavy (non-hydrogen) atoms. The Balaban J connectivity index is 0.00000306. The number of para-hydroxylation sites is 1. The molecular weight excluding hydrogens is 451 g/mol. The number of morpholine rings is 1. The molecule has 10 heteroatoms. The van der Waals surface area contributed by atoms with Gasteiger partial charge in [0.2, 0.25) is 5.91 Å². The summed E-state index contributed by atoms with van der Waals surface area (Å²) >= 11 is 0. The number of primary amides is 1. The lowest BCUT2D eigenvalue weighted by Gasteiger charge is -2.29. The molecule has 3 N–H and O–H groups in total. The molecule has 2 amide bonds. The van der Waals surface area contributed by atoms with Gasteiger partial charge in [0.05, 0.1) is 37.7 Å². The largest absolute Gasteiger partial charge is 0.442 e. The van der Waals surface area contributed by atoms with Crippen molar-refractivity contribution in [3.8, 4) is 0 Å². The van der Waals surface area contributed by atoms with Crippen LogP contribution >= 0.6 is 12.4 Å². The molecule has 2 aliphatic rings. The average Bonchev–Trinajstić information content (AvgIpc) is 3.17. The molecule has 2 saturated heterocycles. The number of hydrogen-bond acceptors (Lipinski definition) is 6. The Bertz CT molecular complexity index is 987. The van der Waals surface area contributed by atoms with Crippen LogP contribution in [0.4, 0.5) is 26.2 Å². The van der Waals surface area contributed by atoms with Gasteiger partial charge in [-0.3, -0.25) is 9.69 Å². The second-order valence-corrected chi connectivity index (χ2v) is 7.86. The fourth-order valence-corrected chi connectivity index (χ4v) is 3.96. The molecule has 2 heterocycles. The maximum absolute atomic E-state index is 14.7. The highest BCUT2D eigenvalue weighted by Crippen LogP contribution is 2.28. The molecule has 0 aliphatic carbocycles. The van der Waals surface area contributed by atoms with Crippen molar-refractivity contribution in [3.05, 3.63) is 53.8 Å². The van der Waals surface area contributed by atoms with E-state index in [1.807, 2.05) is 29.2 Å². The Morgan fingerprint density at radius 1 is 1.18 bits per heavy atom. The highest BCUT2D eigenvalue weighted by atomic mass is 35.5. The molecular formula is C23H28ClFN4O4. The van der Waals surface area contributed by atoms with E-state index in [0.29, 0.717) is 57.2 Å². The summed E-state index contributed by atoms with van der Waals surface area (Å²) in [6, 6.07) is 12.4. The molecule has 2 aromatic rings. The van der Waals surface area contributed by atoms with Crippen molar-refractivity contribution in [2.75, 3.05) is 54.5 Å². The number of nitrogens with two attached hydrogens (primary N) is 1. The summed E-state index contributed by atoms with van der Waals surface area (Å²) in [6.07, 6.45) is -0.105. The first-order valence-electron chi connectivity index (χ1n) is 10.7. The number of nitrogens with one attached hydrogen (secondary N) is 1. The van der Waals surface area contributed by atoms with Crippen molar-refractivity contribution in [1.29, 1.82) is 0 Å². The van der Waals surface area contributed by atoms with Crippen molar-refractivity contribution in [3.63, 3.8) is 0 Å². The van der Waals surface area contributed by atoms with Gasteiger partial charge in [-0.25, -0.2) is 9.18 Å². The minimum Gasteiger partial charge on any atom is -0.442 e. The van der Waals surface area contributed by atoms with Crippen molar-refractivity contribution >= 4 is 41.5 Å². The van der Waals surface area contributed by atoms with E-state index in [1.165, 1.54) is 11.0 Å². The van der Waals surface area contributed by atoms with Crippen LogP contribution in [-0.4, -0.2) is 57.5 Å². The zero-order chi connectivity index (χ0) is 22.5. The second kappa shape index (κ2) is 11.2. The zero-order valence-electron chi connectivity index (χ0n) is 18.2. The fraction of sp³-hybridized carbons (Fsp3) is 0.391. The fourth-order valence-electron chi connectivity index (χ4n) is 3.96. The molecule has 4 rings (SSSR count). The molecule has 0 unspecified atom stereocenters. The quantitative estimate of drug-likeness (QED) is 0.605. The van der Waals surface area contributed by atoms with Gasteiger partial charge in [0.25, 0.3) is 0 Å². The molecule has 8 nitrogen and oxygen atoms in total. The standard InChI is InChI=1S/C23H27FN4O4.ClH/c24-19-13-17(6-7-21(19)27-9-11-31-12-10-27)28-15-18(32-23(28)30)14-26-20-4-2-1-3-16(20)5-8-22(25)29;/h1-4,6-7,13,18,26H,5,8-12,14-15H2,(H2,25,29);1H/t18-;/m0./s1. The van der Waals surface area contributed by atoms with Crippen LogP contribution in [0.15, 0.2) is 42.5 Å². The third kappa shape index (κ3) is 6.06. The van der Waals surface area contributed by atoms with E-state index < -0.39 is 12.2 Å². The van der Waals surface area contributed by atoms with Crippen molar-refractivity contribution < 1.29 is 23.5 Å². The van der Waals surface area contributed by atoms with E-state index >= 15 is 0 Å². The molecule has 2 fully saturated rings. The Kier molecular flexibility index (Phi) is 8.35. The topological polar surface area (TPSA) is 97.1 Å². The van der Waals surface area contributed by atoms with Crippen LogP contribution in [0.1, 0.15) is 12.0 Å². The van der Waals surface area contributed by atoms with Gasteiger partial charge in [-0.1, -0.05) is 18.2 Å². The van der Waals surface area contributed by atoms with Crippen LogP contribution in [0.5, 0.6) is 0 Å². The molecule has 0 saturated carbocycles. The number of aryl methyl sites for hydroxylation is 1. The van der Waals surface area contributed by atoms with E-state index in [9.17, 15) is 14.0 Å². The average molecular weight is 479 g/mol. The normalized spacial score (nSPS) is 18.0. The third-order valence-electron chi connectivity index (χ3n) is 5.65. The number of anilines is 3. The summed E-state index contributed by atoms with van der Waals surface area (Å²) in [6.45, 7) is 3.11. The number of carbonyl (C=O) groups excluding carboxylic acids is 2. The van der Waals surface area contributed by atoms with Gasteiger partial charge in [-0.2, -0.15) is 0 Å². The van der Waals surface area contributed by atoms with Crippen LogP contribution in [0.2, 0.25) is 0 Å². The second-order valence-electron chi connectivity index (χ2n) is 7.86. The van der Waals surface area contributed by atoms with E-state index in [0.717, 1.165) is 11.3 Å². The van der Waals surface area contributed by atoms with Gasteiger partial charge in [0.15, 0.2) is 0 Å². The molecule has 0 aromatic heterocycles. The zero-order valence-corrected chi connectivity index (χ0v) is 19.0. The highest BCUT2D eigenvalue weighted by molar-refractivity contribution is 5.90. The summed E-state index contributed by atoms with van der Waals surface area (Å²) in [7, 11) is 0. The molecule has 178 valence electrons. The molecule has 2 aromatic carbocycles. The van der Waals surface area contributed by atoms with Gasteiger partial charge >= 0.3 is 6.09 Å². The lowest BCUT2D eigenvalue weighted by atomic mass is 10.1. The SMILES string of the molecule is Cl.NC(=O)CCc1ccccc1NC[C@H]1CN(c2ccc(N3CCOCC3)c(F)c2)C(=O)O1. The minimum atomic E-state index is -0.502. The molecule has 1 atom stereocenters. The number of hydrogen-bond donors (Lipinski definition) is 2. The van der Waals surface area contributed by atoms with E-state index in [1.54, 1.807) is 12.1 Å². The number of nitrogens with zero attached hydrogens (tertiary/aromatic N) is 2. The lowest BCUT2D eigenvalue weighted by molar-refractivity contribution is -0.117. The molecule has 0 bridgehead atoms. The highest BCUT2D eigenvalue weighted by Gasteiger charge is 2.33. The van der Waals surface area contributed by atoms with Crippen molar-refractivity contribution in [2.45, 2.75) is 18.9 Å². The number of halogens is 2. The van der Waals surface area contributed by atoms with Gasteiger partial charge in [-0.05, 0) is 36.2 Å². The number of cyclic esters (lactones) is 1. The van der Waals surface area contributed by atoms with Crippen molar-refractivity contribution in [2.24, 2.45) is 5.73 Å². The van der Waals surface area contributed by atoms with Crippen LogP contribution in [0.25, 0.3) is 0 Å². The molecule has 0 spiro atoms. The Morgan fingerprint density at radius 3 is 2.67 bits per heavy atom. The van der Waals surface area contributed by atoms with Crippen LogP contribution < -0.4 is 20.9 Å². The number of ether oxygens (including phenoxy) is 2. The van der Waals surface area contributed by atoms with E-state index in [2.05, 4.69) is 5.32 Å². The predicted octanol–water partition coefficient (Wildman–Crippen LogP) is 2.94. The maximum atomic E-state index is 14.7. The van der Waals surface area contributed by atoms with Gasteiger partial charge in [-0.15, -0.1) is 12.4 Å². The number of benzene rings is 2. The lowest BCUT2D eigenvalue weighted by Crippen LogP contribution is -2.36. The van der Waals surface area contributed by atoms with Crippen LogP contribution in [0.3, 0.4) is 0 Å². The number of amides is 2. The minimum absolute atomic E-state index is 0. The monoisotopic (exact) mass is 478 g/mol. The first-order valence-corrected chi connectivity index (χ1v) is 10.7. The summed E-state index contributed by atoms with van der Waals surface area (Å²) < 4.78 is 25.5.